The second kappa shape index (κ2) is 8.17. The van der Waals surface area contributed by atoms with Gasteiger partial charge in [0.25, 0.3) is 0 Å². The Morgan fingerprint density at radius 2 is 2.00 bits per heavy atom. The topological polar surface area (TPSA) is 63.5 Å². The minimum Gasteiger partial charge on any atom is -0.497 e. The maximum Gasteiger partial charge on any atom is 0.161 e. The molecule has 0 saturated carbocycles. The van der Waals surface area contributed by atoms with Crippen LogP contribution in [0.3, 0.4) is 0 Å². The summed E-state index contributed by atoms with van der Waals surface area (Å²) in [6, 6.07) is 7.80. The number of aliphatic imine (C=N–C) groups is 1. The van der Waals surface area contributed by atoms with E-state index < -0.39 is 6.10 Å². The molecule has 1 fully saturated rings. The van der Waals surface area contributed by atoms with Crippen LogP contribution in [-0.2, 0) is 16.1 Å². The third-order valence-electron chi connectivity index (χ3n) is 4.88. The van der Waals surface area contributed by atoms with Crippen molar-refractivity contribution in [3.8, 4) is 5.75 Å². The Bertz CT molecular complexity index is 635. The predicted octanol–water partition coefficient (Wildman–Crippen LogP) is 2.36. The van der Waals surface area contributed by atoms with Crippen molar-refractivity contribution in [3.63, 3.8) is 0 Å². The number of nitrogens with zero attached hydrogens (tertiary/aromatic N) is 2. The number of hydrogen-bond acceptors (Lipinski definition) is 7. The molecule has 26 heavy (non-hydrogen) atoms. The SMILES string of the molecule is COc1ccc(CO[C@H]2[C@H](C)[C@@H](C(C)O)O[C@@H]3SC(N(C)C)=N[C@H]23)cc1. The lowest BCUT2D eigenvalue weighted by Crippen LogP contribution is -2.54. The van der Waals surface area contributed by atoms with Gasteiger partial charge in [0.15, 0.2) is 5.17 Å². The Balaban J connectivity index is 1.75. The first-order valence-corrected chi connectivity index (χ1v) is 9.78. The summed E-state index contributed by atoms with van der Waals surface area (Å²) in [7, 11) is 5.61. The Hall–Kier alpha value is -1.28. The van der Waals surface area contributed by atoms with Crippen molar-refractivity contribution in [2.45, 2.75) is 50.2 Å². The Morgan fingerprint density at radius 1 is 1.31 bits per heavy atom. The number of methoxy groups -OCH3 is 1. The number of benzene rings is 1. The lowest BCUT2D eigenvalue weighted by Gasteiger charge is -2.42. The van der Waals surface area contributed by atoms with Crippen LogP contribution in [-0.4, -0.2) is 66.2 Å². The van der Waals surface area contributed by atoms with E-state index in [1.807, 2.05) is 43.3 Å². The van der Waals surface area contributed by atoms with Crippen LogP contribution in [0.15, 0.2) is 29.3 Å². The van der Waals surface area contributed by atoms with Crippen LogP contribution in [0.25, 0.3) is 0 Å². The summed E-state index contributed by atoms with van der Waals surface area (Å²) in [5, 5.41) is 11.1. The third kappa shape index (κ3) is 4.01. The maximum absolute atomic E-state index is 10.2. The molecule has 6 atom stereocenters. The van der Waals surface area contributed by atoms with E-state index >= 15 is 0 Å². The monoisotopic (exact) mass is 380 g/mol. The number of rotatable bonds is 5. The van der Waals surface area contributed by atoms with E-state index in [4.69, 9.17) is 19.2 Å². The molecule has 3 rings (SSSR count). The molecule has 144 valence electrons. The van der Waals surface area contributed by atoms with Gasteiger partial charge in [-0.3, -0.25) is 4.99 Å². The molecule has 0 aliphatic carbocycles. The van der Waals surface area contributed by atoms with Crippen molar-refractivity contribution in [2.75, 3.05) is 21.2 Å². The molecule has 2 heterocycles. The number of aliphatic hydroxyl groups excluding tert-OH is 1. The van der Waals surface area contributed by atoms with Crippen molar-refractivity contribution in [2.24, 2.45) is 10.9 Å². The Labute approximate surface area is 159 Å². The second-order valence-electron chi connectivity index (χ2n) is 7.11. The first-order chi connectivity index (χ1) is 12.4. The molecule has 1 aromatic rings. The van der Waals surface area contributed by atoms with E-state index in [-0.39, 0.29) is 29.6 Å². The molecule has 1 N–H and O–H groups in total. The molecule has 2 aliphatic heterocycles. The van der Waals surface area contributed by atoms with Gasteiger partial charge in [-0.05, 0) is 24.6 Å². The lowest BCUT2D eigenvalue weighted by atomic mass is 9.87. The second-order valence-corrected chi connectivity index (χ2v) is 8.17. The third-order valence-corrected chi connectivity index (χ3v) is 6.19. The molecule has 0 spiro atoms. The van der Waals surface area contributed by atoms with Crippen LogP contribution < -0.4 is 4.74 Å². The van der Waals surface area contributed by atoms with Crippen molar-refractivity contribution in [1.29, 1.82) is 0 Å². The molecule has 2 aliphatic rings. The fourth-order valence-electron chi connectivity index (χ4n) is 3.44. The van der Waals surface area contributed by atoms with Crippen molar-refractivity contribution >= 4 is 16.9 Å². The largest absolute Gasteiger partial charge is 0.497 e. The fourth-order valence-corrected chi connectivity index (χ4v) is 4.58. The molecular weight excluding hydrogens is 352 g/mol. The first-order valence-electron chi connectivity index (χ1n) is 8.90. The van der Waals surface area contributed by atoms with Crippen LogP contribution >= 0.6 is 11.8 Å². The summed E-state index contributed by atoms with van der Waals surface area (Å²) in [5.74, 6) is 0.871. The molecule has 7 heteroatoms. The van der Waals surface area contributed by atoms with Gasteiger partial charge in [0.05, 0.1) is 32.0 Å². The Morgan fingerprint density at radius 3 is 2.58 bits per heavy atom. The average molecular weight is 381 g/mol. The number of fused-ring (bicyclic) bond motifs is 1. The van der Waals surface area contributed by atoms with Gasteiger partial charge in [0, 0.05) is 20.0 Å². The fraction of sp³-hybridized carbons (Fsp3) is 0.632. The zero-order valence-corrected chi connectivity index (χ0v) is 16.8. The van der Waals surface area contributed by atoms with Gasteiger partial charge < -0.3 is 24.2 Å². The zero-order valence-electron chi connectivity index (χ0n) is 16.0. The van der Waals surface area contributed by atoms with Gasteiger partial charge in [0.2, 0.25) is 0 Å². The average Bonchev–Trinajstić information content (AvgIpc) is 3.05. The Kier molecular flexibility index (Phi) is 6.12. The molecule has 6 nitrogen and oxygen atoms in total. The van der Waals surface area contributed by atoms with Crippen LogP contribution in [0.5, 0.6) is 5.75 Å². The van der Waals surface area contributed by atoms with E-state index in [1.165, 1.54) is 0 Å². The highest BCUT2D eigenvalue weighted by atomic mass is 32.2. The number of thioether (sulfide) groups is 1. The molecule has 0 amide bonds. The van der Waals surface area contributed by atoms with Gasteiger partial charge in [-0.25, -0.2) is 0 Å². The highest BCUT2D eigenvalue weighted by molar-refractivity contribution is 8.14. The number of amidine groups is 1. The molecule has 0 radical (unpaired) electrons. The lowest BCUT2D eigenvalue weighted by molar-refractivity contribution is -0.165. The van der Waals surface area contributed by atoms with E-state index in [9.17, 15) is 5.11 Å². The quantitative estimate of drug-likeness (QED) is 0.846. The van der Waals surface area contributed by atoms with Crippen molar-refractivity contribution < 1.29 is 19.3 Å². The van der Waals surface area contributed by atoms with E-state index in [2.05, 4.69) is 6.92 Å². The van der Waals surface area contributed by atoms with E-state index in [0.29, 0.717) is 6.61 Å². The highest BCUT2D eigenvalue weighted by Crippen LogP contribution is 2.41. The number of aliphatic hydroxyl groups is 1. The van der Waals surface area contributed by atoms with Crippen molar-refractivity contribution in [1.82, 2.24) is 4.90 Å². The van der Waals surface area contributed by atoms with Crippen LogP contribution in [0.2, 0.25) is 0 Å². The number of ether oxygens (including phenoxy) is 3. The van der Waals surface area contributed by atoms with Gasteiger partial charge in [0.1, 0.15) is 17.2 Å². The molecule has 0 aromatic heterocycles. The summed E-state index contributed by atoms with van der Waals surface area (Å²) in [4.78, 5) is 6.82. The van der Waals surface area contributed by atoms with E-state index in [0.717, 1.165) is 16.5 Å². The predicted molar refractivity (Wildman–Crippen MR) is 104 cm³/mol. The minimum atomic E-state index is -0.554. The molecular formula is C19H28N2O4S. The van der Waals surface area contributed by atoms with Crippen LogP contribution in [0, 0.1) is 5.92 Å². The first kappa shape index (κ1) is 19.5. The van der Waals surface area contributed by atoms with Crippen molar-refractivity contribution in [3.05, 3.63) is 29.8 Å². The van der Waals surface area contributed by atoms with Gasteiger partial charge in [-0.15, -0.1) is 0 Å². The standard InChI is InChI=1S/C19H28N2O4S/c1-11-16(12(2)22)25-18-15(20-19(26-18)21(3)4)17(11)24-10-13-6-8-14(23-5)9-7-13/h6-9,11-12,15-18,22H,10H2,1-5H3/t11-,12?,15-,16+,17+,18-/m1/s1. The summed E-state index contributed by atoms with van der Waals surface area (Å²) >= 11 is 1.60. The number of hydrogen-bond donors (Lipinski definition) is 1. The molecule has 1 aromatic carbocycles. The van der Waals surface area contributed by atoms with Gasteiger partial charge >= 0.3 is 0 Å². The normalized spacial score (nSPS) is 31.9. The summed E-state index contributed by atoms with van der Waals surface area (Å²) in [6.07, 6.45) is -0.927. The maximum atomic E-state index is 10.2. The highest BCUT2D eigenvalue weighted by Gasteiger charge is 2.49. The smallest absolute Gasteiger partial charge is 0.161 e. The van der Waals surface area contributed by atoms with Crippen LogP contribution in [0.4, 0.5) is 0 Å². The molecule has 1 unspecified atom stereocenters. The molecule has 0 bridgehead atoms. The summed E-state index contributed by atoms with van der Waals surface area (Å²) < 4.78 is 17.7. The molecule has 1 saturated heterocycles. The summed E-state index contributed by atoms with van der Waals surface area (Å²) in [5.41, 5.74) is 0.959. The minimum absolute atomic E-state index is 0.0420. The van der Waals surface area contributed by atoms with Gasteiger partial charge in [-0.1, -0.05) is 30.8 Å². The summed E-state index contributed by atoms with van der Waals surface area (Å²) in [6.45, 7) is 4.34. The van der Waals surface area contributed by atoms with Crippen LogP contribution in [0.1, 0.15) is 19.4 Å². The van der Waals surface area contributed by atoms with Gasteiger partial charge in [-0.2, -0.15) is 0 Å². The zero-order chi connectivity index (χ0) is 18.8. The van der Waals surface area contributed by atoms with E-state index in [1.54, 1.807) is 25.8 Å².